The van der Waals surface area contributed by atoms with Gasteiger partial charge < -0.3 is 4.90 Å². The first-order valence-electron chi connectivity index (χ1n) is 6.23. The average molecular weight is 245 g/mol. The van der Waals surface area contributed by atoms with Crippen LogP contribution in [0, 0.1) is 6.92 Å². The van der Waals surface area contributed by atoms with Gasteiger partial charge in [-0.2, -0.15) is 4.98 Å². The summed E-state index contributed by atoms with van der Waals surface area (Å²) in [6.45, 7) is 3.53. The zero-order valence-electron chi connectivity index (χ0n) is 10.3. The van der Waals surface area contributed by atoms with Gasteiger partial charge in [-0.15, -0.1) is 5.10 Å². The lowest BCUT2D eigenvalue weighted by Gasteiger charge is -2.25. The first-order chi connectivity index (χ1) is 8.75. The van der Waals surface area contributed by atoms with Crippen LogP contribution in [0.2, 0.25) is 0 Å². The van der Waals surface area contributed by atoms with Crippen molar-refractivity contribution in [1.82, 2.24) is 24.5 Å². The predicted octanol–water partition coefficient (Wildman–Crippen LogP) is 1.06. The highest BCUT2D eigenvalue weighted by Crippen LogP contribution is 2.12. The summed E-state index contributed by atoms with van der Waals surface area (Å²) < 4.78 is 1.61. The summed E-state index contributed by atoms with van der Waals surface area (Å²) in [5, 5.41) is 4.24. The van der Waals surface area contributed by atoms with E-state index in [1.54, 1.807) is 10.7 Å². The van der Waals surface area contributed by atoms with E-state index in [1.165, 1.54) is 6.42 Å². The molecule has 2 aromatic heterocycles. The van der Waals surface area contributed by atoms with Gasteiger partial charge in [0, 0.05) is 25.0 Å². The largest absolute Gasteiger partial charge is 0.336 e. The van der Waals surface area contributed by atoms with Gasteiger partial charge in [-0.25, -0.2) is 9.50 Å². The molecule has 1 aliphatic rings. The summed E-state index contributed by atoms with van der Waals surface area (Å²) in [6, 6.07) is 1.84. The van der Waals surface area contributed by atoms with Gasteiger partial charge >= 0.3 is 0 Å². The quantitative estimate of drug-likeness (QED) is 0.753. The number of rotatable bonds is 1. The molecule has 0 atom stereocenters. The third-order valence-corrected chi connectivity index (χ3v) is 3.26. The molecule has 0 aromatic carbocycles. The van der Waals surface area contributed by atoms with Crippen LogP contribution in [0.25, 0.3) is 5.78 Å². The van der Waals surface area contributed by atoms with Crippen molar-refractivity contribution in [3.63, 3.8) is 0 Å². The maximum Gasteiger partial charge on any atom is 0.293 e. The van der Waals surface area contributed by atoms with E-state index in [1.807, 2.05) is 17.9 Å². The number of aromatic nitrogens is 4. The molecule has 0 aliphatic carbocycles. The molecule has 0 bridgehead atoms. The average Bonchev–Trinajstić information content (AvgIpc) is 2.84. The zero-order chi connectivity index (χ0) is 12.5. The number of aryl methyl sites for hydroxylation is 1. The Morgan fingerprint density at radius 1 is 1.28 bits per heavy atom. The van der Waals surface area contributed by atoms with Crippen LogP contribution >= 0.6 is 0 Å². The van der Waals surface area contributed by atoms with Gasteiger partial charge in [-0.3, -0.25) is 4.79 Å². The molecule has 1 amide bonds. The molecule has 3 heterocycles. The molecule has 6 heteroatoms. The van der Waals surface area contributed by atoms with Crippen molar-refractivity contribution in [2.24, 2.45) is 0 Å². The number of amides is 1. The number of hydrogen-bond donors (Lipinski definition) is 0. The number of hydrogen-bond acceptors (Lipinski definition) is 4. The molecular weight excluding hydrogens is 230 g/mol. The van der Waals surface area contributed by atoms with Crippen molar-refractivity contribution in [3.8, 4) is 0 Å². The van der Waals surface area contributed by atoms with Gasteiger partial charge in [-0.05, 0) is 32.3 Å². The lowest BCUT2D eigenvalue weighted by Crippen LogP contribution is -2.36. The molecule has 1 aliphatic heterocycles. The van der Waals surface area contributed by atoms with Gasteiger partial charge in [0.2, 0.25) is 5.82 Å². The Balaban J connectivity index is 1.94. The Bertz CT molecular complexity index is 585. The number of likely N-dealkylation sites (tertiary alicyclic amines) is 1. The maximum absolute atomic E-state index is 12.2. The molecule has 0 spiro atoms. The Morgan fingerprint density at radius 3 is 2.78 bits per heavy atom. The molecule has 2 aromatic rings. The van der Waals surface area contributed by atoms with E-state index in [9.17, 15) is 4.79 Å². The number of piperidine rings is 1. The molecule has 1 fully saturated rings. The lowest BCUT2D eigenvalue weighted by atomic mass is 10.1. The van der Waals surface area contributed by atoms with Crippen molar-refractivity contribution < 1.29 is 4.79 Å². The smallest absolute Gasteiger partial charge is 0.293 e. The fourth-order valence-electron chi connectivity index (χ4n) is 2.24. The van der Waals surface area contributed by atoms with Crippen LogP contribution in [-0.4, -0.2) is 43.5 Å². The predicted molar refractivity (Wildman–Crippen MR) is 65.3 cm³/mol. The SMILES string of the molecule is Cc1ccnc2nc(C(=O)N3CCCCC3)nn12. The first-order valence-corrected chi connectivity index (χ1v) is 6.23. The summed E-state index contributed by atoms with van der Waals surface area (Å²) in [5.41, 5.74) is 0.921. The number of carbonyl (C=O) groups is 1. The van der Waals surface area contributed by atoms with Crippen molar-refractivity contribution in [2.75, 3.05) is 13.1 Å². The molecular formula is C12H15N5O. The molecule has 0 radical (unpaired) electrons. The minimum absolute atomic E-state index is 0.0837. The van der Waals surface area contributed by atoms with Gasteiger partial charge in [0.1, 0.15) is 0 Å². The second-order valence-electron chi connectivity index (χ2n) is 4.59. The summed E-state index contributed by atoms with van der Waals surface area (Å²) in [6.07, 6.45) is 5.00. The summed E-state index contributed by atoms with van der Waals surface area (Å²) in [5.74, 6) is 0.647. The van der Waals surface area contributed by atoms with Crippen LogP contribution in [0.3, 0.4) is 0 Å². The summed E-state index contributed by atoms with van der Waals surface area (Å²) in [4.78, 5) is 22.4. The normalized spacial score (nSPS) is 16.2. The zero-order valence-corrected chi connectivity index (χ0v) is 10.3. The van der Waals surface area contributed by atoms with Crippen LogP contribution in [0.1, 0.15) is 35.6 Å². The van der Waals surface area contributed by atoms with Crippen molar-refractivity contribution >= 4 is 11.7 Å². The molecule has 0 unspecified atom stereocenters. The Hall–Kier alpha value is -1.98. The molecule has 0 N–H and O–H groups in total. The van der Waals surface area contributed by atoms with E-state index >= 15 is 0 Å². The van der Waals surface area contributed by atoms with Gasteiger partial charge in [0.25, 0.3) is 11.7 Å². The van der Waals surface area contributed by atoms with Crippen LogP contribution in [-0.2, 0) is 0 Å². The monoisotopic (exact) mass is 245 g/mol. The second-order valence-corrected chi connectivity index (χ2v) is 4.59. The highest BCUT2D eigenvalue weighted by Gasteiger charge is 2.22. The Labute approximate surface area is 105 Å². The number of fused-ring (bicyclic) bond motifs is 1. The lowest BCUT2D eigenvalue weighted by molar-refractivity contribution is 0.0712. The summed E-state index contributed by atoms with van der Waals surface area (Å²) in [7, 11) is 0. The van der Waals surface area contributed by atoms with Crippen molar-refractivity contribution in [2.45, 2.75) is 26.2 Å². The summed E-state index contributed by atoms with van der Waals surface area (Å²) >= 11 is 0. The molecule has 0 saturated carbocycles. The molecule has 3 rings (SSSR count). The van der Waals surface area contributed by atoms with Crippen LogP contribution in [0.4, 0.5) is 0 Å². The highest BCUT2D eigenvalue weighted by atomic mass is 16.2. The number of carbonyl (C=O) groups excluding carboxylic acids is 1. The van der Waals surface area contributed by atoms with Gasteiger partial charge in [0.05, 0.1) is 0 Å². The van der Waals surface area contributed by atoms with Gasteiger partial charge in [-0.1, -0.05) is 0 Å². The third-order valence-electron chi connectivity index (χ3n) is 3.26. The van der Waals surface area contributed by atoms with E-state index in [-0.39, 0.29) is 11.7 Å². The van der Waals surface area contributed by atoms with E-state index in [2.05, 4.69) is 15.1 Å². The van der Waals surface area contributed by atoms with Crippen LogP contribution < -0.4 is 0 Å². The fourth-order valence-corrected chi connectivity index (χ4v) is 2.24. The fraction of sp³-hybridized carbons (Fsp3) is 0.500. The van der Waals surface area contributed by atoms with E-state index in [0.29, 0.717) is 5.78 Å². The first kappa shape index (κ1) is 11.1. The van der Waals surface area contributed by atoms with Crippen molar-refractivity contribution in [1.29, 1.82) is 0 Å². The minimum atomic E-state index is -0.0837. The Morgan fingerprint density at radius 2 is 2.06 bits per heavy atom. The van der Waals surface area contributed by atoms with Crippen LogP contribution in [0.5, 0.6) is 0 Å². The molecule has 18 heavy (non-hydrogen) atoms. The van der Waals surface area contributed by atoms with E-state index in [0.717, 1.165) is 31.6 Å². The third kappa shape index (κ3) is 1.83. The second kappa shape index (κ2) is 4.36. The molecule has 6 nitrogen and oxygen atoms in total. The number of nitrogens with zero attached hydrogens (tertiary/aromatic N) is 5. The standard InChI is InChI=1S/C12H15N5O/c1-9-5-6-13-12-14-10(15-17(9)12)11(18)16-7-3-2-4-8-16/h5-6H,2-4,7-8H2,1H3. The van der Waals surface area contributed by atoms with Crippen molar-refractivity contribution in [3.05, 3.63) is 23.8 Å². The highest BCUT2D eigenvalue weighted by molar-refractivity contribution is 5.90. The minimum Gasteiger partial charge on any atom is -0.336 e. The van der Waals surface area contributed by atoms with Gasteiger partial charge in [0.15, 0.2) is 0 Å². The Kier molecular flexibility index (Phi) is 2.70. The topological polar surface area (TPSA) is 63.4 Å². The van der Waals surface area contributed by atoms with E-state index in [4.69, 9.17) is 0 Å². The molecule has 1 saturated heterocycles. The molecule has 94 valence electrons. The van der Waals surface area contributed by atoms with Crippen LogP contribution in [0.15, 0.2) is 12.3 Å². The maximum atomic E-state index is 12.2. The van der Waals surface area contributed by atoms with E-state index < -0.39 is 0 Å².